The molecule has 0 radical (unpaired) electrons. The molecule has 1 fully saturated rings. The second kappa shape index (κ2) is 6.07. The number of sulfone groups is 1. The third-order valence-corrected chi connectivity index (χ3v) is 7.16. The second-order valence-electron chi connectivity index (χ2n) is 7.11. The number of aromatic nitrogens is 2. The van der Waals surface area contributed by atoms with Gasteiger partial charge in [0.1, 0.15) is 0 Å². The quantitative estimate of drug-likeness (QED) is 0.827. The normalized spacial score (nSPS) is 24.6. The molecule has 2 aliphatic rings. The lowest BCUT2D eigenvalue weighted by atomic mass is 10.00. The molecular formula is C18H22N4O2S. The van der Waals surface area contributed by atoms with Gasteiger partial charge in [0.05, 0.1) is 16.7 Å². The van der Waals surface area contributed by atoms with Crippen LogP contribution in [0.1, 0.15) is 22.7 Å². The minimum Gasteiger partial charge on any atom is -0.347 e. The molecule has 25 heavy (non-hydrogen) atoms. The predicted molar refractivity (Wildman–Crippen MR) is 97.2 cm³/mol. The van der Waals surface area contributed by atoms with Crippen molar-refractivity contribution in [1.29, 1.82) is 0 Å². The highest BCUT2D eigenvalue weighted by Crippen LogP contribution is 2.39. The van der Waals surface area contributed by atoms with E-state index in [1.54, 1.807) is 6.20 Å². The Morgan fingerprint density at radius 1 is 1.20 bits per heavy atom. The monoisotopic (exact) mass is 358 g/mol. The summed E-state index contributed by atoms with van der Waals surface area (Å²) >= 11 is 0. The summed E-state index contributed by atoms with van der Waals surface area (Å²) in [5.41, 5.74) is 2.87. The van der Waals surface area contributed by atoms with E-state index in [-0.39, 0.29) is 16.9 Å². The Morgan fingerprint density at radius 3 is 2.68 bits per heavy atom. The minimum atomic E-state index is -3.17. The zero-order chi connectivity index (χ0) is 17.6. The maximum absolute atomic E-state index is 12.8. The van der Waals surface area contributed by atoms with E-state index in [1.807, 2.05) is 37.2 Å². The Balaban J connectivity index is 1.66. The summed E-state index contributed by atoms with van der Waals surface area (Å²) in [5, 5.41) is -0.367. The number of nitrogens with zero attached hydrogens (tertiary/aromatic N) is 4. The fourth-order valence-electron chi connectivity index (χ4n) is 3.83. The van der Waals surface area contributed by atoms with Crippen LogP contribution in [0.5, 0.6) is 0 Å². The van der Waals surface area contributed by atoms with Crippen LogP contribution in [0.3, 0.4) is 0 Å². The van der Waals surface area contributed by atoms with Gasteiger partial charge in [0.25, 0.3) is 0 Å². The maximum atomic E-state index is 12.8. The number of rotatable bonds is 3. The number of fused-ring (bicyclic) bond motifs is 3. The van der Waals surface area contributed by atoms with E-state index in [4.69, 9.17) is 0 Å². The Morgan fingerprint density at radius 2 is 1.96 bits per heavy atom. The number of anilines is 1. The zero-order valence-corrected chi connectivity index (χ0v) is 15.3. The van der Waals surface area contributed by atoms with Crippen molar-refractivity contribution in [3.63, 3.8) is 0 Å². The molecule has 0 spiro atoms. The van der Waals surface area contributed by atoms with E-state index in [1.165, 1.54) is 5.56 Å². The van der Waals surface area contributed by atoms with Crippen LogP contribution in [0.15, 0.2) is 36.5 Å². The van der Waals surface area contributed by atoms with E-state index < -0.39 is 9.84 Å². The van der Waals surface area contributed by atoms with Crippen molar-refractivity contribution in [3.8, 4) is 0 Å². The van der Waals surface area contributed by atoms with Gasteiger partial charge in [0, 0.05) is 51.4 Å². The Kier molecular flexibility index (Phi) is 4.00. The van der Waals surface area contributed by atoms with Gasteiger partial charge in [-0.25, -0.2) is 18.4 Å². The lowest BCUT2D eigenvalue weighted by Crippen LogP contribution is -2.35. The lowest BCUT2D eigenvalue weighted by molar-refractivity contribution is 0.326. The number of benzene rings is 1. The predicted octanol–water partition coefficient (Wildman–Crippen LogP) is 1.44. The Hall–Kier alpha value is -1.99. The molecule has 0 N–H and O–H groups in total. The van der Waals surface area contributed by atoms with Crippen LogP contribution in [0.4, 0.5) is 5.95 Å². The van der Waals surface area contributed by atoms with Gasteiger partial charge in [-0.1, -0.05) is 30.3 Å². The van der Waals surface area contributed by atoms with Gasteiger partial charge < -0.3 is 4.90 Å². The Labute approximate surface area is 148 Å². The van der Waals surface area contributed by atoms with Gasteiger partial charge in [-0.3, -0.25) is 4.90 Å². The van der Waals surface area contributed by atoms with E-state index in [9.17, 15) is 8.42 Å². The second-order valence-corrected chi connectivity index (χ2v) is 9.33. The van der Waals surface area contributed by atoms with E-state index in [0.29, 0.717) is 12.5 Å². The van der Waals surface area contributed by atoms with E-state index in [2.05, 4.69) is 27.0 Å². The number of likely N-dealkylation sites (tertiary alicyclic amines) is 1. The molecule has 6 nitrogen and oxygen atoms in total. The van der Waals surface area contributed by atoms with Crippen molar-refractivity contribution in [2.24, 2.45) is 0 Å². The molecule has 0 saturated carbocycles. The summed E-state index contributed by atoms with van der Waals surface area (Å²) in [6.07, 6.45) is 1.69. The third kappa shape index (κ3) is 3.02. The number of hydrogen-bond donors (Lipinski definition) is 0. The highest BCUT2D eigenvalue weighted by molar-refractivity contribution is 7.91. The molecule has 2 atom stereocenters. The van der Waals surface area contributed by atoms with Crippen LogP contribution in [0.25, 0.3) is 0 Å². The molecule has 1 aromatic heterocycles. The van der Waals surface area contributed by atoms with Gasteiger partial charge in [0.15, 0.2) is 9.84 Å². The van der Waals surface area contributed by atoms with Crippen LogP contribution in [-0.2, 0) is 22.1 Å². The summed E-state index contributed by atoms with van der Waals surface area (Å²) in [4.78, 5) is 13.1. The van der Waals surface area contributed by atoms with Crippen molar-refractivity contribution < 1.29 is 8.42 Å². The smallest absolute Gasteiger partial charge is 0.225 e. The fourth-order valence-corrected chi connectivity index (χ4v) is 5.85. The summed E-state index contributed by atoms with van der Waals surface area (Å²) in [5.74, 6) is 0.619. The van der Waals surface area contributed by atoms with Crippen LogP contribution in [0.2, 0.25) is 0 Å². The van der Waals surface area contributed by atoms with E-state index >= 15 is 0 Å². The molecular weight excluding hydrogens is 336 g/mol. The highest BCUT2D eigenvalue weighted by atomic mass is 32.2. The van der Waals surface area contributed by atoms with Crippen LogP contribution in [0, 0.1) is 0 Å². The average Bonchev–Trinajstić information content (AvgIpc) is 3.00. The third-order valence-electron chi connectivity index (χ3n) is 5.05. The van der Waals surface area contributed by atoms with Crippen molar-refractivity contribution in [3.05, 3.63) is 53.3 Å². The van der Waals surface area contributed by atoms with Gasteiger partial charge >= 0.3 is 0 Å². The average molecular weight is 358 g/mol. The molecule has 3 heterocycles. The summed E-state index contributed by atoms with van der Waals surface area (Å²) in [6, 6.07) is 10.2. The molecule has 2 aliphatic heterocycles. The highest BCUT2D eigenvalue weighted by Gasteiger charge is 2.47. The maximum Gasteiger partial charge on any atom is 0.225 e. The SMILES string of the molecule is CN(C)c1ncc2c(n1)[C@H]1CN(Cc3ccccc3)C[C@@H]1S(=O)(=O)C2. The lowest BCUT2D eigenvalue weighted by Gasteiger charge is -2.27. The molecule has 132 valence electrons. The van der Waals surface area contributed by atoms with Crippen LogP contribution >= 0.6 is 0 Å². The topological polar surface area (TPSA) is 66.4 Å². The first-order chi connectivity index (χ1) is 11.9. The van der Waals surface area contributed by atoms with Gasteiger partial charge in [-0.2, -0.15) is 0 Å². The summed E-state index contributed by atoms with van der Waals surface area (Å²) in [7, 11) is 0.629. The molecule has 1 aromatic carbocycles. The largest absolute Gasteiger partial charge is 0.347 e. The minimum absolute atomic E-state index is 0.0520. The molecule has 0 amide bonds. The molecule has 0 aliphatic carbocycles. The fraction of sp³-hybridized carbons (Fsp3) is 0.444. The first-order valence-electron chi connectivity index (χ1n) is 8.45. The first kappa shape index (κ1) is 16.5. The zero-order valence-electron chi connectivity index (χ0n) is 14.5. The summed E-state index contributed by atoms with van der Waals surface area (Å²) < 4.78 is 25.5. The molecule has 2 aromatic rings. The van der Waals surface area contributed by atoms with Crippen LogP contribution < -0.4 is 4.90 Å². The molecule has 0 bridgehead atoms. The van der Waals surface area contributed by atoms with E-state index in [0.717, 1.165) is 24.3 Å². The molecule has 7 heteroatoms. The van der Waals surface area contributed by atoms with Crippen molar-refractivity contribution in [2.75, 3.05) is 32.1 Å². The Bertz CT molecular complexity index is 883. The van der Waals surface area contributed by atoms with Crippen molar-refractivity contribution >= 4 is 15.8 Å². The van der Waals surface area contributed by atoms with Crippen molar-refractivity contribution in [2.45, 2.75) is 23.5 Å². The summed E-state index contributed by atoms with van der Waals surface area (Å²) in [6.45, 7) is 2.06. The van der Waals surface area contributed by atoms with Crippen molar-refractivity contribution in [1.82, 2.24) is 14.9 Å². The molecule has 0 unspecified atom stereocenters. The van der Waals surface area contributed by atoms with Crippen LogP contribution in [-0.4, -0.2) is 55.7 Å². The molecule has 4 rings (SSSR count). The van der Waals surface area contributed by atoms with Gasteiger partial charge in [-0.05, 0) is 5.56 Å². The first-order valence-corrected chi connectivity index (χ1v) is 10.2. The standard InChI is InChI=1S/C18H22N4O2S/c1-21(2)18-19-8-14-12-25(23,24)16-11-22(10-15(16)17(14)20-18)9-13-6-4-3-5-7-13/h3-8,15-16H,9-12H2,1-2H3/t15-,16-/m0/s1. The van der Waals surface area contributed by atoms with Gasteiger partial charge in [0.2, 0.25) is 5.95 Å². The van der Waals surface area contributed by atoms with Gasteiger partial charge in [-0.15, -0.1) is 0 Å². The number of hydrogen-bond acceptors (Lipinski definition) is 6. The molecule has 1 saturated heterocycles.